The molecule has 0 aliphatic heterocycles. The molecule has 1 N–H and O–H groups in total. The summed E-state index contributed by atoms with van der Waals surface area (Å²) in [7, 11) is 1.70. The molecule has 0 bridgehead atoms. The van der Waals surface area contributed by atoms with Crippen LogP contribution in [0.4, 0.5) is 0 Å². The third kappa shape index (κ3) is 2.51. The first-order valence-electron chi connectivity index (χ1n) is 4.39. The molecule has 0 rings (SSSR count). The standard InChI is InChI=1S/C10H19NO/c1-6-9(11-8-3)10(4,7-2)12-5/h1,9,11H,7-8H2,2-5H3. The van der Waals surface area contributed by atoms with Gasteiger partial charge in [0.2, 0.25) is 0 Å². The molecule has 0 fully saturated rings. The highest BCUT2D eigenvalue weighted by atomic mass is 16.5. The Balaban J connectivity index is 4.35. The molecule has 0 heterocycles. The molecule has 0 aliphatic carbocycles. The molecule has 2 atom stereocenters. The minimum Gasteiger partial charge on any atom is -0.376 e. The summed E-state index contributed by atoms with van der Waals surface area (Å²) in [5, 5.41) is 3.21. The van der Waals surface area contributed by atoms with Crippen molar-refractivity contribution in [3.63, 3.8) is 0 Å². The number of likely N-dealkylation sites (N-methyl/N-ethyl adjacent to an activating group) is 1. The van der Waals surface area contributed by atoms with Gasteiger partial charge in [-0.1, -0.05) is 19.8 Å². The summed E-state index contributed by atoms with van der Waals surface area (Å²) < 4.78 is 5.39. The highest BCUT2D eigenvalue weighted by Gasteiger charge is 2.30. The highest BCUT2D eigenvalue weighted by molar-refractivity contribution is 5.08. The van der Waals surface area contributed by atoms with Crippen molar-refractivity contribution in [2.45, 2.75) is 38.8 Å². The van der Waals surface area contributed by atoms with Gasteiger partial charge in [-0.3, -0.25) is 0 Å². The molecule has 0 aromatic rings. The monoisotopic (exact) mass is 169 g/mol. The number of rotatable bonds is 5. The van der Waals surface area contributed by atoms with Gasteiger partial charge in [0.25, 0.3) is 0 Å². The van der Waals surface area contributed by atoms with Crippen LogP contribution in [0.5, 0.6) is 0 Å². The molecule has 2 nitrogen and oxygen atoms in total. The van der Waals surface area contributed by atoms with Crippen LogP contribution in [0, 0.1) is 12.3 Å². The first-order chi connectivity index (χ1) is 5.64. The Bertz CT molecular complexity index is 156. The maximum Gasteiger partial charge on any atom is 0.0978 e. The van der Waals surface area contributed by atoms with Crippen molar-refractivity contribution in [3.8, 4) is 12.3 Å². The van der Waals surface area contributed by atoms with Crippen LogP contribution in [0.1, 0.15) is 27.2 Å². The predicted molar refractivity (Wildman–Crippen MR) is 52.0 cm³/mol. The topological polar surface area (TPSA) is 21.3 Å². The van der Waals surface area contributed by atoms with Gasteiger partial charge in [0.05, 0.1) is 11.6 Å². The second-order valence-electron chi connectivity index (χ2n) is 3.03. The van der Waals surface area contributed by atoms with E-state index in [1.54, 1.807) is 7.11 Å². The summed E-state index contributed by atoms with van der Waals surface area (Å²) in [6.45, 7) is 7.01. The molecule has 0 radical (unpaired) electrons. The van der Waals surface area contributed by atoms with Gasteiger partial charge in [0.15, 0.2) is 0 Å². The Hall–Kier alpha value is -0.520. The lowest BCUT2D eigenvalue weighted by Crippen LogP contribution is -2.48. The molecule has 2 heteroatoms. The normalized spacial score (nSPS) is 17.9. The lowest BCUT2D eigenvalue weighted by Gasteiger charge is -2.32. The van der Waals surface area contributed by atoms with Crippen LogP contribution < -0.4 is 5.32 Å². The van der Waals surface area contributed by atoms with Crippen molar-refractivity contribution in [2.75, 3.05) is 13.7 Å². The van der Waals surface area contributed by atoms with Crippen molar-refractivity contribution < 1.29 is 4.74 Å². The molecule has 0 amide bonds. The van der Waals surface area contributed by atoms with Gasteiger partial charge in [-0.05, 0) is 19.9 Å². The molecule has 2 unspecified atom stereocenters. The van der Waals surface area contributed by atoms with Gasteiger partial charge >= 0.3 is 0 Å². The van der Waals surface area contributed by atoms with Crippen LogP contribution in [0.2, 0.25) is 0 Å². The molecule has 0 aromatic heterocycles. The van der Waals surface area contributed by atoms with E-state index in [1.165, 1.54) is 0 Å². The fourth-order valence-corrected chi connectivity index (χ4v) is 1.12. The summed E-state index contributed by atoms with van der Waals surface area (Å²) in [5.74, 6) is 2.71. The summed E-state index contributed by atoms with van der Waals surface area (Å²) in [6.07, 6.45) is 6.31. The predicted octanol–water partition coefficient (Wildman–Crippen LogP) is 1.41. The molecule has 12 heavy (non-hydrogen) atoms. The Kier molecular flexibility index (Phi) is 4.96. The van der Waals surface area contributed by atoms with E-state index in [2.05, 4.69) is 18.2 Å². The molecule has 0 spiro atoms. The van der Waals surface area contributed by atoms with E-state index in [9.17, 15) is 0 Å². The number of ether oxygens (including phenoxy) is 1. The van der Waals surface area contributed by atoms with Crippen LogP contribution in [-0.4, -0.2) is 25.3 Å². The summed E-state index contributed by atoms with van der Waals surface area (Å²) >= 11 is 0. The van der Waals surface area contributed by atoms with Crippen molar-refractivity contribution in [3.05, 3.63) is 0 Å². The molecule has 0 aromatic carbocycles. The van der Waals surface area contributed by atoms with Gasteiger partial charge in [-0.2, -0.15) is 0 Å². The lowest BCUT2D eigenvalue weighted by molar-refractivity contribution is -0.0133. The lowest BCUT2D eigenvalue weighted by atomic mass is 9.93. The average molecular weight is 169 g/mol. The number of nitrogens with one attached hydrogen (secondary N) is 1. The largest absolute Gasteiger partial charge is 0.376 e. The first kappa shape index (κ1) is 11.5. The van der Waals surface area contributed by atoms with Gasteiger partial charge in [0, 0.05) is 7.11 Å². The Labute approximate surface area is 75.7 Å². The van der Waals surface area contributed by atoms with E-state index in [0.717, 1.165) is 13.0 Å². The Morgan fingerprint density at radius 1 is 1.58 bits per heavy atom. The van der Waals surface area contributed by atoms with Crippen LogP contribution >= 0.6 is 0 Å². The van der Waals surface area contributed by atoms with Gasteiger partial charge < -0.3 is 10.1 Å². The van der Waals surface area contributed by atoms with Gasteiger partial charge in [0.1, 0.15) is 0 Å². The number of methoxy groups -OCH3 is 1. The Morgan fingerprint density at radius 3 is 2.42 bits per heavy atom. The van der Waals surface area contributed by atoms with E-state index in [-0.39, 0.29) is 11.6 Å². The maximum atomic E-state index is 5.40. The van der Waals surface area contributed by atoms with E-state index in [4.69, 9.17) is 11.2 Å². The van der Waals surface area contributed by atoms with Crippen LogP contribution in [0.15, 0.2) is 0 Å². The molecular formula is C10H19NO. The summed E-state index contributed by atoms with van der Waals surface area (Å²) in [6, 6.07) is -0.00231. The zero-order valence-corrected chi connectivity index (χ0v) is 8.48. The van der Waals surface area contributed by atoms with E-state index >= 15 is 0 Å². The van der Waals surface area contributed by atoms with Crippen molar-refractivity contribution >= 4 is 0 Å². The van der Waals surface area contributed by atoms with Gasteiger partial charge in [-0.25, -0.2) is 0 Å². The first-order valence-corrected chi connectivity index (χ1v) is 4.39. The third-order valence-corrected chi connectivity index (χ3v) is 2.35. The Morgan fingerprint density at radius 2 is 2.17 bits per heavy atom. The second kappa shape index (κ2) is 5.18. The summed E-state index contributed by atoms with van der Waals surface area (Å²) in [4.78, 5) is 0. The molecule has 0 saturated carbocycles. The van der Waals surface area contributed by atoms with Gasteiger partial charge in [-0.15, -0.1) is 6.42 Å². The number of hydrogen-bond donors (Lipinski definition) is 1. The van der Waals surface area contributed by atoms with E-state index in [0.29, 0.717) is 0 Å². The van der Waals surface area contributed by atoms with E-state index < -0.39 is 0 Å². The fraction of sp³-hybridized carbons (Fsp3) is 0.800. The molecule has 0 saturated heterocycles. The quantitative estimate of drug-likeness (QED) is 0.628. The summed E-state index contributed by atoms with van der Waals surface area (Å²) in [5.41, 5.74) is -0.245. The molecule has 0 aliphatic rings. The number of terminal acetylenes is 1. The molecule has 70 valence electrons. The van der Waals surface area contributed by atoms with Crippen LogP contribution in [-0.2, 0) is 4.74 Å². The van der Waals surface area contributed by atoms with Crippen molar-refractivity contribution in [1.82, 2.24) is 5.32 Å². The van der Waals surface area contributed by atoms with Crippen molar-refractivity contribution in [1.29, 1.82) is 0 Å². The second-order valence-corrected chi connectivity index (χ2v) is 3.03. The molecular weight excluding hydrogens is 150 g/mol. The fourth-order valence-electron chi connectivity index (χ4n) is 1.12. The van der Waals surface area contributed by atoms with Crippen LogP contribution in [0.3, 0.4) is 0 Å². The maximum absolute atomic E-state index is 5.40. The zero-order chi connectivity index (χ0) is 9.61. The SMILES string of the molecule is C#CC(NCC)C(C)(CC)OC. The van der Waals surface area contributed by atoms with Crippen LogP contribution in [0.25, 0.3) is 0 Å². The zero-order valence-electron chi connectivity index (χ0n) is 8.48. The smallest absolute Gasteiger partial charge is 0.0978 e. The third-order valence-electron chi connectivity index (χ3n) is 2.35. The number of hydrogen-bond acceptors (Lipinski definition) is 2. The highest BCUT2D eigenvalue weighted by Crippen LogP contribution is 2.18. The average Bonchev–Trinajstić information content (AvgIpc) is 2.13. The minimum absolute atomic E-state index is 0.00231. The minimum atomic E-state index is -0.245. The van der Waals surface area contributed by atoms with E-state index in [1.807, 2.05) is 13.8 Å². The van der Waals surface area contributed by atoms with Crippen molar-refractivity contribution in [2.24, 2.45) is 0 Å².